The standard InChI is InChI=1S/C22H26N2O5S/c1-15-6-7-16(12-21(2,3)20(25)26)11-17(15)13-24-14-22(8-9-22)29-19-18(30(24,27)28)5-4-10-23-19/h4-7,10-11H,8-9,12-14H2,1-3H3,(H,25,26). The predicted molar refractivity (Wildman–Crippen MR) is 111 cm³/mol. The highest BCUT2D eigenvalue weighted by Gasteiger charge is 2.52. The number of pyridine rings is 1. The number of ether oxygens (including phenoxy) is 1. The number of carboxylic acid groups (broad SMARTS) is 1. The summed E-state index contributed by atoms with van der Waals surface area (Å²) in [7, 11) is -3.77. The van der Waals surface area contributed by atoms with Gasteiger partial charge in [-0.05, 0) is 68.9 Å². The van der Waals surface area contributed by atoms with Crippen molar-refractivity contribution in [3.63, 3.8) is 0 Å². The summed E-state index contributed by atoms with van der Waals surface area (Å²) in [6.07, 6.45) is 3.49. The van der Waals surface area contributed by atoms with Gasteiger partial charge in [0.1, 0.15) is 10.5 Å². The van der Waals surface area contributed by atoms with Crippen LogP contribution < -0.4 is 4.74 Å². The van der Waals surface area contributed by atoms with Crippen LogP contribution in [0.15, 0.2) is 41.4 Å². The Labute approximate surface area is 176 Å². The fourth-order valence-corrected chi connectivity index (χ4v) is 5.31. The minimum Gasteiger partial charge on any atom is -0.481 e. The van der Waals surface area contributed by atoms with E-state index in [0.29, 0.717) is 6.42 Å². The number of rotatable bonds is 5. The van der Waals surface area contributed by atoms with Crippen LogP contribution in [0.3, 0.4) is 0 Å². The van der Waals surface area contributed by atoms with Crippen molar-refractivity contribution in [1.29, 1.82) is 0 Å². The predicted octanol–water partition coefficient (Wildman–Crippen LogP) is 3.16. The van der Waals surface area contributed by atoms with Gasteiger partial charge < -0.3 is 9.84 Å². The van der Waals surface area contributed by atoms with Crippen molar-refractivity contribution in [3.8, 4) is 5.88 Å². The summed E-state index contributed by atoms with van der Waals surface area (Å²) in [6, 6.07) is 8.88. The smallest absolute Gasteiger partial charge is 0.309 e. The van der Waals surface area contributed by atoms with Crippen molar-refractivity contribution < 1.29 is 23.1 Å². The van der Waals surface area contributed by atoms with E-state index in [4.69, 9.17) is 4.74 Å². The number of aromatic nitrogens is 1. The number of sulfonamides is 1. The summed E-state index contributed by atoms with van der Waals surface area (Å²) >= 11 is 0. The Kier molecular flexibility index (Phi) is 4.90. The monoisotopic (exact) mass is 430 g/mol. The lowest BCUT2D eigenvalue weighted by Gasteiger charge is -2.24. The number of nitrogens with zero attached hydrogens (tertiary/aromatic N) is 2. The number of benzene rings is 1. The zero-order valence-corrected chi connectivity index (χ0v) is 18.2. The van der Waals surface area contributed by atoms with E-state index in [9.17, 15) is 18.3 Å². The fraction of sp³-hybridized carbons (Fsp3) is 0.455. The number of fused-ring (bicyclic) bond motifs is 1. The van der Waals surface area contributed by atoms with Crippen LogP contribution in [0.25, 0.3) is 0 Å². The van der Waals surface area contributed by atoms with E-state index < -0.39 is 27.0 Å². The third kappa shape index (κ3) is 3.81. The van der Waals surface area contributed by atoms with Crippen LogP contribution in [-0.4, -0.2) is 40.9 Å². The van der Waals surface area contributed by atoms with E-state index >= 15 is 0 Å². The average molecular weight is 431 g/mol. The van der Waals surface area contributed by atoms with Crippen LogP contribution >= 0.6 is 0 Å². The molecule has 1 aliphatic carbocycles. The highest BCUT2D eigenvalue weighted by atomic mass is 32.2. The highest BCUT2D eigenvalue weighted by molar-refractivity contribution is 7.89. The van der Waals surface area contributed by atoms with Crippen LogP contribution in [0.1, 0.15) is 43.4 Å². The van der Waals surface area contributed by atoms with Gasteiger partial charge in [0.25, 0.3) is 0 Å². The van der Waals surface area contributed by atoms with Crippen LogP contribution in [0.5, 0.6) is 5.88 Å². The quantitative estimate of drug-likeness (QED) is 0.783. The van der Waals surface area contributed by atoms with Gasteiger partial charge in [-0.3, -0.25) is 4.79 Å². The molecule has 0 bridgehead atoms. The minimum atomic E-state index is -3.77. The van der Waals surface area contributed by atoms with E-state index in [1.54, 1.807) is 19.9 Å². The average Bonchev–Trinajstić information content (AvgIpc) is 3.43. The molecule has 0 atom stereocenters. The number of carbonyl (C=O) groups is 1. The number of hydrogen-bond acceptors (Lipinski definition) is 5. The second kappa shape index (κ2) is 7.06. The number of aryl methyl sites for hydroxylation is 1. The van der Waals surface area contributed by atoms with Crippen LogP contribution in [0, 0.1) is 12.3 Å². The Hall–Kier alpha value is -2.45. The molecule has 1 spiro atoms. The Morgan fingerprint density at radius 2 is 2.03 bits per heavy atom. The molecule has 1 N–H and O–H groups in total. The maximum Gasteiger partial charge on any atom is 0.309 e. The van der Waals surface area contributed by atoms with E-state index in [0.717, 1.165) is 29.5 Å². The molecule has 2 aromatic rings. The molecule has 1 aromatic carbocycles. The third-order valence-corrected chi connectivity index (χ3v) is 7.73. The van der Waals surface area contributed by atoms with Gasteiger partial charge in [0.2, 0.25) is 15.9 Å². The van der Waals surface area contributed by atoms with Crippen LogP contribution in [-0.2, 0) is 27.8 Å². The summed E-state index contributed by atoms with van der Waals surface area (Å²) < 4.78 is 34.3. The fourth-order valence-electron chi connectivity index (χ4n) is 3.75. The zero-order valence-electron chi connectivity index (χ0n) is 17.4. The number of hydrogen-bond donors (Lipinski definition) is 1. The lowest BCUT2D eigenvalue weighted by atomic mass is 9.85. The molecular formula is C22H26N2O5S. The first-order chi connectivity index (χ1) is 14.0. The van der Waals surface area contributed by atoms with E-state index in [1.807, 2.05) is 25.1 Å². The molecule has 0 unspecified atom stereocenters. The van der Waals surface area contributed by atoms with Crippen molar-refractivity contribution >= 4 is 16.0 Å². The molecule has 4 rings (SSSR count). The van der Waals surface area contributed by atoms with Crippen molar-refractivity contribution in [3.05, 3.63) is 53.2 Å². The number of carboxylic acids is 1. The Morgan fingerprint density at radius 1 is 1.30 bits per heavy atom. The van der Waals surface area contributed by atoms with E-state index in [1.165, 1.54) is 16.6 Å². The van der Waals surface area contributed by atoms with Gasteiger partial charge in [0, 0.05) is 12.7 Å². The summed E-state index contributed by atoms with van der Waals surface area (Å²) in [5, 5.41) is 9.44. The minimum absolute atomic E-state index is 0.0922. The molecule has 0 saturated heterocycles. The van der Waals surface area contributed by atoms with Gasteiger partial charge in [-0.15, -0.1) is 0 Å². The molecular weight excluding hydrogens is 404 g/mol. The second-order valence-corrected chi connectivity index (χ2v) is 10.9. The molecule has 8 heteroatoms. The molecule has 30 heavy (non-hydrogen) atoms. The first-order valence-electron chi connectivity index (χ1n) is 9.98. The van der Waals surface area contributed by atoms with Gasteiger partial charge >= 0.3 is 5.97 Å². The molecule has 1 saturated carbocycles. The Morgan fingerprint density at radius 3 is 2.70 bits per heavy atom. The number of aliphatic carboxylic acids is 1. The van der Waals surface area contributed by atoms with Gasteiger partial charge in [-0.2, -0.15) is 4.31 Å². The molecule has 7 nitrogen and oxygen atoms in total. The summed E-state index contributed by atoms with van der Waals surface area (Å²) in [5.74, 6) is -0.692. The first kappa shape index (κ1) is 20.8. The molecule has 0 amide bonds. The maximum atomic E-state index is 13.4. The molecule has 2 aliphatic rings. The SMILES string of the molecule is Cc1ccc(CC(C)(C)C(=O)O)cc1CN1CC2(CC2)Oc2ncccc2S1(=O)=O. The molecule has 0 radical (unpaired) electrons. The topological polar surface area (TPSA) is 96.8 Å². The van der Waals surface area contributed by atoms with Crippen LogP contribution in [0.4, 0.5) is 0 Å². The Bertz CT molecular complexity index is 1110. The first-order valence-corrected chi connectivity index (χ1v) is 11.4. The van der Waals surface area contributed by atoms with Gasteiger partial charge in [-0.1, -0.05) is 18.2 Å². The highest BCUT2D eigenvalue weighted by Crippen LogP contribution is 2.45. The molecule has 1 fully saturated rings. The summed E-state index contributed by atoms with van der Waals surface area (Å²) in [4.78, 5) is 15.8. The maximum absolute atomic E-state index is 13.4. The largest absolute Gasteiger partial charge is 0.481 e. The van der Waals surface area contributed by atoms with Crippen molar-refractivity contribution in [2.45, 2.75) is 57.1 Å². The van der Waals surface area contributed by atoms with Gasteiger partial charge in [0.05, 0.1) is 12.0 Å². The van der Waals surface area contributed by atoms with Gasteiger partial charge in [0.15, 0.2) is 0 Å². The summed E-state index contributed by atoms with van der Waals surface area (Å²) in [6.45, 7) is 5.79. The summed E-state index contributed by atoms with van der Waals surface area (Å²) in [5.41, 5.74) is 1.28. The molecule has 1 aromatic heterocycles. The molecule has 2 heterocycles. The zero-order chi connectivity index (χ0) is 21.7. The van der Waals surface area contributed by atoms with E-state index in [-0.39, 0.29) is 23.9 Å². The molecule has 1 aliphatic heterocycles. The van der Waals surface area contributed by atoms with Crippen LogP contribution in [0.2, 0.25) is 0 Å². The normalized spacial score (nSPS) is 19.6. The van der Waals surface area contributed by atoms with Crippen molar-refractivity contribution in [2.75, 3.05) is 6.54 Å². The third-order valence-electron chi connectivity index (χ3n) is 5.92. The van der Waals surface area contributed by atoms with Crippen molar-refractivity contribution in [2.24, 2.45) is 5.41 Å². The Balaban J connectivity index is 1.68. The lowest BCUT2D eigenvalue weighted by molar-refractivity contribution is -0.146. The van der Waals surface area contributed by atoms with Crippen molar-refractivity contribution in [1.82, 2.24) is 9.29 Å². The van der Waals surface area contributed by atoms with Gasteiger partial charge in [-0.25, -0.2) is 13.4 Å². The van der Waals surface area contributed by atoms with E-state index in [2.05, 4.69) is 4.98 Å². The second-order valence-electron chi connectivity index (χ2n) is 8.99. The lowest BCUT2D eigenvalue weighted by Crippen LogP contribution is -2.38. The molecule has 160 valence electrons.